The maximum atomic E-state index is 14.4. The Bertz CT molecular complexity index is 970. The molecule has 4 rings (SSSR count). The molecule has 0 amide bonds. The largest absolute Gasteiger partial charge is 0.347 e. The highest BCUT2D eigenvalue weighted by atomic mass is 79.9. The van der Waals surface area contributed by atoms with E-state index in [0.717, 1.165) is 28.6 Å². The van der Waals surface area contributed by atoms with Gasteiger partial charge in [-0.25, -0.2) is 9.18 Å². The third kappa shape index (κ3) is 2.34. The number of nitrogens with one attached hydrogen (secondary N) is 1. The van der Waals surface area contributed by atoms with Crippen LogP contribution in [0.5, 0.6) is 0 Å². The van der Waals surface area contributed by atoms with Gasteiger partial charge in [0.25, 0.3) is 0 Å². The predicted octanol–water partition coefficient (Wildman–Crippen LogP) is 3.91. The second-order valence-corrected chi connectivity index (χ2v) is 6.38. The minimum Gasteiger partial charge on any atom is -0.325 e. The molecule has 4 nitrogen and oxygen atoms in total. The summed E-state index contributed by atoms with van der Waals surface area (Å²) in [4.78, 5) is 20.5. The standard InChI is InChI=1S/C17H13BrFN3O/c18-11-5-1-8-14-10(11)4-3-9-22(14)16-15-12(19)6-2-7-13(15)20-17(23)21-16/h1-2,5-8H,3-4,9H2,(H,20,21,23). The first-order valence-corrected chi connectivity index (χ1v) is 8.18. The van der Waals surface area contributed by atoms with E-state index in [2.05, 4.69) is 25.9 Å². The molecule has 23 heavy (non-hydrogen) atoms. The van der Waals surface area contributed by atoms with Gasteiger partial charge in [0.2, 0.25) is 0 Å². The van der Waals surface area contributed by atoms with Crippen LogP contribution in [0.4, 0.5) is 15.9 Å². The predicted molar refractivity (Wildman–Crippen MR) is 91.8 cm³/mol. The molecule has 0 saturated heterocycles. The Morgan fingerprint density at radius 1 is 1.22 bits per heavy atom. The first kappa shape index (κ1) is 14.4. The molecule has 1 N–H and O–H groups in total. The quantitative estimate of drug-likeness (QED) is 0.703. The third-order valence-corrected chi connectivity index (χ3v) is 4.88. The Kier molecular flexibility index (Phi) is 3.41. The van der Waals surface area contributed by atoms with E-state index in [1.54, 1.807) is 12.1 Å². The number of benzene rings is 2. The van der Waals surface area contributed by atoms with Gasteiger partial charge in [0.1, 0.15) is 5.82 Å². The number of nitrogens with zero attached hydrogens (tertiary/aromatic N) is 2. The van der Waals surface area contributed by atoms with Crippen LogP contribution in [0.15, 0.2) is 45.7 Å². The summed E-state index contributed by atoms with van der Waals surface area (Å²) in [6.45, 7) is 0.698. The molecule has 2 aromatic carbocycles. The van der Waals surface area contributed by atoms with Gasteiger partial charge in [-0.3, -0.25) is 0 Å². The topological polar surface area (TPSA) is 49.0 Å². The Hall–Kier alpha value is -2.21. The lowest BCUT2D eigenvalue weighted by atomic mass is 10.0. The van der Waals surface area contributed by atoms with E-state index in [-0.39, 0.29) is 5.82 Å². The highest BCUT2D eigenvalue weighted by Gasteiger charge is 2.24. The van der Waals surface area contributed by atoms with Gasteiger partial charge in [-0.2, -0.15) is 4.98 Å². The zero-order valence-electron chi connectivity index (χ0n) is 12.1. The molecular weight excluding hydrogens is 361 g/mol. The van der Waals surface area contributed by atoms with Crippen molar-refractivity contribution in [3.63, 3.8) is 0 Å². The Labute approximate surface area is 140 Å². The first-order valence-electron chi connectivity index (χ1n) is 7.38. The van der Waals surface area contributed by atoms with Gasteiger partial charge in [-0.15, -0.1) is 0 Å². The van der Waals surface area contributed by atoms with Crippen molar-refractivity contribution < 1.29 is 4.39 Å². The normalized spacial score (nSPS) is 14.1. The van der Waals surface area contributed by atoms with Crippen LogP contribution in [-0.4, -0.2) is 16.5 Å². The first-order chi connectivity index (χ1) is 11.1. The van der Waals surface area contributed by atoms with E-state index in [4.69, 9.17) is 0 Å². The summed E-state index contributed by atoms with van der Waals surface area (Å²) < 4.78 is 15.4. The number of anilines is 2. The van der Waals surface area contributed by atoms with Crippen LogP contribution in [0.3, 0.4) is 0 Å². The lowest BCUT2D eigenvalue weighted by Crippen LogP contribution is -2.28. The molecule has 0 unspecified atom stereocenters. The lowest BCUT2D eigenvalue weighted by molar-refractivity contribution is 0.638. The van der Waals surface area contributed by atoms with E-state index in [0.29, 0.717) is 23.3 Å². The van der Waals surface area contributed by atoms with Gasteiger partial charge in [-0.1, -0.05) is 28.1 Å². The fourth-order valence-corrected chi connectivity index (χ4v) is 3.70. The molecule has 0 aliphatic carbocycles. The molecule has 0 bridgehead atoms. The summed E-state index contributed by atoms with van der Waals surface area (Å²) in [5.41, 5.74) is 2.11. The average Bonchev–Trinajstić information content (AvgIpc) is 2.54. The van der Waals surface area contributed by atoms with Gasteiger partial charge in [0.05, 0.1) is 10.9 Å². The highest BCUT2D eigenvalue weighted by molar-refractivity contribution is 9.10. The molecule has 3 aromatic rings. The minimum atomic E-state index is -0.472. The fraction of sp³-hybridized carbons (Fsp3) is 0.176. The minimum absolute atomic E-state index is 0.347. The van der Waals surface area contributed by atoms with Gasteiger partial charge in [0.15, 0.2) is 5.82 Å². The molecule has 0 saturated carbocycles. The van der Waals surface area contributed by atoms with Crippen molar-refractivity contribution in [2.45, 2.75) is 12.8 Å². The zero-order chi connectivity index (χ0) is 16.0. The zero-order valence-corrected chi connectivity index (χ0v) is 13.7. The molecule has 116 valence electrons. The van der Waals surface area contributed by atoms with Gasteiger partial charge >= 0.3 is 5.69 Å². The summed E-state index contributed by atoms with van der Waals surface area (Å²) in [7, 11) is 0. The summed E-state index contributed by atoms with van der Waals surface area (Å²) in [6.07, 6.45) is 1.86. The van der Waals surface area contributed by atoms with Crippen LogP contribution in [0, 0.1) is 5.82 Å². The summed E-state index contributed by atoms with van der Waals surface area (Å²) >= 11 is 3.57. The number of rotatable bonds is 1. The molecule has 0 radical (unpaired) electrons. The second-order valence-electron chi connectivity index (χ2n) is 5.52. The number of aromatic amines is 1. The average molecular weight is 374 g/mol. The van der Waals surface area contributed by atoms with Crippen LogP contribution in [0.1, 0.15) is 12.0 Å². The SMILES string of the molecule is O=c1nc(N2CCCc3c(Br)cccc32)c2c(F)cccc2[nH]1. The number of aromatic nitrogens is 2. The van der Waals surface area contributed by atoms with Crippen LogP contribution in [0.2, 0.25) is 0 Å². The monoisotopic (exact) mass is 373 g/mol. The van der Waals surface area contributed by atoms with Crippen LogP contribution >= 0.6 is 15.9 Å². The van der Waals surface area contributed by atoms with Crippen molar-refractivity contribution in [2.75, 3.05) is 11.4 Å². The molecule has 0 atom stereocenters. The smallest absolute Gasteiger partial charge is 0.325 e. The molecule has 1 aliphatic heterocycles. The number of hydrogen-bond donors (Lipinski definition) is 1. The third-order valence-electron chi connectivity index (χ3n) is 4.14. The number of H-pyrrole nitrogens is 1. The van der Waals surface area contributed by atoms with E-state index < -0.39 is 5.69 Å². The van der Waals surface area contributed by atoms with Crippen LogP contribution in [-0.2, 0) is 6.42 Å². The fourth-order valence-electron chi connectivity index (χ4n) is 3.15. The molecule has 1 aliphatic rings. The van der Waals surface area contributed by atoms with Crippen LogP contribution in [0.25, 0.3) is 10.9 Å². The molecule has 0 fully saturated rings. The molecule has 2 heterocycles. The number of fused-ring (bicyclic) bond motifs is 2. The second kappa shape index (κ2) is 5.45. The van der Waals surface area contributed by atoms with Crippen LogP contribution < -0.4 is 10.6 Å². The van der Waals surface area contributed by atoms with Crippen molar-refractivity contribution in [3.05, 3.63) is 62.7 Å². The number of hydrogen-bond acceptors (Lipinski definition) is 3. The van der Waals surface area contributed by atoms with Gasteiger partial charge < -0.3 is 9.88 Å². The molecule has 0 spiro atoms. The van der Waals surface area contributed by atoms with Crippen molar-refractivity contribution in [3.8, 4) is 0 Å². The maximum Gasteiger partial charge on any atom is 0.347 e. The summed E-state index contributed by atoms with van der Waals surface area (Å²) in [6, 6.07) is 10.6. The van der Waals surface area contributed by atoms with Gasteiger partial charge in [-0.05, 0) is 42.7 Å². The van der Waals surface area contributed by atoms with E-state index in [1.165, 1.54) is 6.07 Å². The molecule has 1 aromatic heterocycles. The van der Waals surface area contributed by atoms with Crippen molar-refractivity contribution in [2.24, 2.45) is 0 Å². The van der Waals surface area contributed by atoms with E-state index >= 15 is 0 Å². The van der Waals surface area contributed by atoms with E-state index in [9.17, 15) is 9.18 Å². The van der Waals surface area contributed by atoms with Crippen molar-refractivity contribution >= 4 is 38.3 Å². The highest BCUT2D eigenvalue weighted by Crippen LogP contribution is 2.38. The van der Waals surface area contributed by atoms with E-state index in [1.807, 2.05) is 23.1 Å². The number of halogens is 2. The van der Waals surface area contributed by atoms with Crippen molar-refractivity contribution in [1.29, 1.82) is 0 Å². The Balaban J connectivity index is 2.02. The molecular formula is C17H13BrFN3O. The lowest BCUT2D eigenvalue weighted by Gasteiger charge is -2.31. The summed E-state index contributed by atoms with van der Waals surface area (Å²) in [5, 5.41) is 0.347. The summed E-state index contributed by atoms with van der Waals surface area (Å²) in [5.74, 6) is -0.00993. The Morgan fingerprint density at radius 3 is 2.91 bits per heavy atom. The molecule has 6 heteroatoms. The Morgan fingerprint density at radius 2 is 2.04 bits per heavy atom. The van der Waals surface area contributed by atoms with Crippen molar-refractivity contribution in [1.82, 2.24) is 9.97 Å². The maximum absolute atomic E-state index is 14.4. The van der Waals surface area contributed by atoms with Gasteiger partial charge in [0, 0.05) is 16.7 Å².